The van der Waals surface area contributed by atoms with E-state index in [1.54, 1.807) is 0 Å². The first-order chi connectivity index (χ1) is 3.93. The molecule has 8 heavy (non-hydrogen) atoms. The molecule has 1 aliphatic carbocycles. The van der Waals surface area contributed by atoms with Gasteiger partial charge in [-0.3, -0.25) is 0 Å². The minimum atomic E-state index is 0.938. The summed E-state index contributed by atoms with van der Waals surface area (Å²) >= 11 is 0. The predicted molar refractivity (Wildman–Crippen MR) is 33.5 cm³/mol. The Labute approximate surface area is 49.2 Å². The smallest absolute Gasteiger partial charge is 0.209 e. The van der Waals surface area contributed by atoms with Crippen LogP contribution in [0.4, 0.5) is 0 Å². The average molecular weight is 105 g/mol. The van der Waals surface area contributed by atoms with E-state index in [-0.39, 0.29) is 0 Å². The van der Waals surface area contributed by atoms with E-state index in [1.165, 1.54) is 0 Å². The Hall–Kier alpha value is -1.20. The van der Waals surface area contributed by atoms with Crippen molar-refractivity contribution in [1.82, 2.24) is 0 Å². The molecule has 0 aromatic carbocycles. The quantitative estimate of drug-likeness (QED) is 0.360. The van der Waals surface area contributed by atoms with Crippen molar-refractivity contribution in [2.75, 3.05) is 0 Å². The van der Waals surface area contributed by atoms with Gasteiger partial charge in [0.05, 0.1) is 24.3 Å². The van der Waals surface area contributed by atoms with Crippen LogP contribution in [0.2, 0.25) is 0 Å². The molecule has 0 unspecified atom stereocenters. The maximum absolute atomic E-state index is 5.10. The fourth-order valence-electron chi connectivity index (χ4n) is 0.534. The Balaban J connectivity index is 2.69. The van der Waals surface area contributed by atoms with Crippen LogP contribution < -0.4 is 5.73 Å². The highest BCUT2D eigenvalue weighted by atomic mass is 14.5. The van der Waals surface area contributed by atoms with Crippen LogP contribution in [0, 0.1) is 12.6 Å². The van der Waals surface area contributed by atoms with Gasteiger partial charge in [-0.1, -0.05) is 0 Å². The molecule has 0 fully saturated rings. The Morgan fingerprint density at radius 3 is 2.38 bits per heavy atom. The van der Waals surface area contributed by atoms with E-state index in [9.17, 15) is 0 Å². The lowest BCUT2D eigenvalue weighted by Gasteiger charge is -1.81. The second-order valence-corrected chi connectivity index (χ2v) is 1.51. The van der Waals surface area contributed by atoms with Crippen LogP contribution in [-0.4, -0.2) is 0 Å². The van der Waals surface area contributed by atoms with E-state index in [2.05, 4.69) is 6.20 Å². The van der Waals surface area contributed by atoms with Crippen molar-refractivity contribution in [3.8, 4) is 0 Å². The summed E-state index contributed by atoms with van der Waals surface area (Å²) < 4.78 is 0. The molecular weight excluding hydrogens is 98.1 g/mol. The highest BCUT2D eigenvalue weighted by molar-refractivity contribution is 5.36. The summed E-state index contributed by atoms with van der Waals surface area (Å²) in [6.07, 6.45) is 12.1. The van der Waals surface area contributed by atoms with Crippen molar-refractivity contribution in [2.24, 2.45) is 5.73 Å². The molecule has 1 heteroatoms. The minimum Gasteiger partial charge on any atom is -0.306 e. The lowest BCUT2D eigenvalue weighted by atomic mass is 10.1. The van der Waals surface area contributed by atoms with E-state index >= 15 is 0 Å². The average Bonchev–Trinajstić information content (AvgIpc) is 1.90. The molecule has 0 spiro atoms. The van der Waals surface area contributed by atoms with Crippen LogP contribution in [-0.2, 0) is 0 Å². The third kappa shape index (κ3) is 0.895. The lowest BCUT2D eigenvalue weighted by molar-refractivity contribution is 1.43. The van der Waals surface area contributed by atoms with Gasteiger partial charge in [-0.2, -0.15) is 0 Å². The number of hydrogen-bond acceptors (Lipinski definition) is 1. The van der Waals surface area contributed by atoms with Gasteiger partial charge in [0.25, 0.3) is 0 Å². The standard InChI is InChI=1S/C7H7N/c8-6-7-4-2-1-3-5-7/h1-5H,8H2/q+2. The molecule has 0 amide bonds. The molecule has 0 aliphatic heterocycles. The first-order valence-corrected chi connectivity index (χ1v) is 2.45. The molecule has 0 saturated heterocycles. The van der Waals surface area contributed by atoms with Crippen LogP contribution in [0.5, 0.6) is 0 Å². The highest BCUT2D eigenvalue weighted by Gasteiger charge is 2.00. The van der Waals surface area contributed by atoms with E-state index in [0.29, 0.717) is 0 Å². The molecule has 0 radical (unpaired) electrons. The normalized spacial score (nSPS) is 15.2. The summed E-state index contributed by atoms with van der Waals surface area (Å²) in [6, 6.07) is 0. The topological polar surface area (TPSA) is 26.0 Å². The molecule has 1 nitrogen and oxygen atoms in total. The molecule has 38 valence electrons. The SMILES string of the molecule is N[C+]=C1C=C[CH+]C=C1. The van der Waals surface area contributed by atoms with Gasteiger partial charge in [0, 0.05) is 6.42 Å². The lowest BCUT2D eigenvalue weighted by Crippen LogP contribution is -1.85. The molecule has 0 heterocycles. The number of rotatable bonds is 0. The first kappa shape index (κ1) is 4.95. The van der Waals surface area contributed by atoms with Crippen molar-refractivity contribution >= 4 is 0 Å². The molecule has 0 saturated carbocycles. The molecular formula is C7H7N+2. The second-order valence-electron chi connectivity index (χ2n) is 1.51. The van der Waals surface area contributed by atoms with Crippen LogP contribution >= 0.6 is 0 Å². The van der Waals surface area contributed by atoms with Crippen LogP contribution in [0.15, 0.2) is 29.9 Å². The third-order valence-corrected chi connectivity index (χ3v) is 0.940. The van der Waals surface area contributed by atoms with Gasteiger partial charge in [-0.05, 0) is 0 Å². The number of allylic oxidation sites excluding steroid dienone is 5. The van der Waals surface area contributed by atoms with Gasteiger partial charge >= 0.3 is 0 Å². The van der Waals surface area contributed by atoms with Gasteiger partial charge in [0.1, 0.15) is 6.20 Å². The zero-order chi connectivity index (χ0) is 5.82. The third-order valence-electron chi connectivity index (χ3n) is 0.940. The number of nitrogens with two attached hydrogens (primary N) is 1. The van der Waals surface area contributed by atoms with E-state index < -0.39 is 0 Å². The molecule has 1 aliphatic rings. The molecule has 0 aromatic rings. The van der Waals surface area contributed by atoms with Crippen molar-refractivity contribution in [3.63, 3.8) is 0 Å². The Morgan fingerprint density at radius 1 is 1.38 bits per heavy atom. The summed E-state index contributed by atoms with van der Waals surface area (Å²) in [5, 5.41) is 0. The summed E-state index contributed by atoms with van der Waals surface area (Å²) in [4.78, 5) is 0. The summed E-state index contributed by atoms with van der Waals surface area (Å²) in [5.74, 6) is 0. The number of hydrogen-bond donors (Lipinski definition) is 1. The van der Waals surface area contributed by atoms with E-state index in [4.69, 9.17) is 5.73 Å². The fraction of sp³-hybridized carbons (Fsp3) is 0. The fourth-order valence-corrected chi connectivity index (χ4v) is 0.534. The molecule has 2 N–H and O–H groups in total. The van der Waals surface area contributed by atoms with Crippen molar-refractivity contribution < 1.29 is 0 Å². The molecule has 1 rings (SSSR count). The van der Waals surface area contributed by atoms with Gasteiger partial charge in [-0.15, -0.1) is 0 Å². The molecule has 0 aromatic heterocycles. The van der Waals surface area contributed by atoms with Crippen molar-refractivity contribution in [3.05, 3.63) is 42.5 Å². The van der Waals surface area contributed by atoms with Gasteiger partial charge in [0.15, 0.2) is 0 Å². The van der Waals surface area contributed by atoms with Gasteiger partial charge in [-0.25, -0.2) is 0 Å². The van der Waals surface area contributed by atoms with Crippen LogP contribution in [0.25, 0.3) is 0 Å². The largest absolute Gasteiger partial charge is 0.306 e. The van der Waals surface area contributed by atoms with Gasteiger partial charge < -0.3 is 5.73 Å². The highest BCUT2D eigenvalue weighted by Crippen LogP contribution is 2.03. The summed E-state index contributed by atoms with van der Waals surface area (Å²) in [6.45, 7) is 0. The van der Waals surface area contributed by atoms with E-state index in [0.717, 1.165) is 5.57 Å². The summed E-state index contributed by atoms with van der Waals surface area (Å²) in [7, 11) is 0. The van der Waals surface area contributed by atoms with Crippen LogP contribution in [0.3, 0.4) is 0 Å². The van der Waals surface area contributed by atoms with Crippen molar-refractivity contribution in [1.29, 1.82) is 0 Å². The second kappa shape index (κ2) is 2.20. The monoisotopic (exact) mass is 105 g/mol. The maximum atomic E-state index is 5.10. The first-order valence-electron chi connectivity index (χ1n) is 2.45. The van der Waals surface area contributed by atoms with Crippen LogP contribution in [0.1, 0.15) is 0 Å². The molecule has 0 atom stereocenters. The maximum Gasteiger partial charge on any atom is 0.209 e. The zero-order valence-corrected chi connectivity index (χ0v) is 4.46. The summed E-state index contributed by atoms with van der Waals surface area (Å²) in [5.41, 5.74) is 6.04. The molecule has 0 bridgehead atoms. The Bertz CT molecular complexity index is 138. The Kier molecular flexibility index (Phi) is 1.36. The Morgan fingerprint density at radius 2 is 2.00 bits per heavy atom. The zero-order valence-electron chi connectivity index (χ0n) is 4.46. The minimum absolute atomic E-state index is 0.938. The van der Waals surface area contributed by atoms with E-state index in [1.807, 2.05) is 30.7 Å². The van der Waals surface area contributed by atoms with Gasteiger partial charge in [0.2, 0.25) is 5.57 Å². The predicted octanol–water partition coefficient (Wildman–Crippen LogP) is 0.962. The van der Waals surface area contributed by atoms with Crippen molar-refractivity contribution in [2.45, 2.75) is 0 Å².